The van der Waals surface area contributed by atoms with E-state index >= 15 is 0 Å². The van der Waals surface area contributed by atoms with Crippen LogP contribution in [-0.4, -0.2) is 26.1 Å². The minimum atomic E-state index is -4.99. The molecule has 132 valence electrons. The zero-order chi connectivity index (χ0) is 18.4. The molecule has 11 heteroatoms. The Kier molecular flexibility index (Phi) is 4.13. The Morgan fingerprint density at radius 3 is 2.28 bits per heavy atom. The summed E-state index contributed by atoms with van der Waals surface area (Å²) in [5, 5.41) is 11.9. The van der Waals surface area contributed by atoms with Gasteiger partial charge >= 0.3 is 12.4 Å². The number of benzene rings is 1. The summed E-state index contributed by atoms with van der Waals surface area (Å²) in [5.74, 6) is 0. The third-order valence-electron chi connectivity index (χ3n) is 3.39. The fourth-order valence-electron chi connectivity index (χ4n) is 2.30. The summed E-state index contributed by atoms with van der Waals surface area (Å²) < 4.78 is 79.6. The normalized spacial score (nSPS) is 12.8. The average Bonchev–Trinajstić information content (AvgIpc) is 3.01. The van der Waals surface area contributed by atoms with Crippen LogP contribution in [-0.2, 0) is 12.4 Å². The van der Waals surface area contributed by atoms with E-state index in [0.29, 0.717) is 11.2 Å². The first kappa shape index (κ1) is 17.5. The molecule has 1 aromatic carbocycles. The van der Waals surface area contributed by atoms with E-state index < -0.39 is 29.0 Å². The zero-order valence-electron chi connectivity index (χ0n) is 12.4. The summed E-state index contributed by atoms with van der Waals surface area (Å²) in [4.78, 5) is 0. The lowest BCUT2D eigenvalue weighted by Crippen LogP contribution is -2.13. The number of hydrogen-bond donors (Lipinski definition) is 0. The van der Waals surface area contributed by atoms with E-state index in [-0.39, 0.29) is 17.3 Å². The van der Waals surface area contributed by atoms with Crippen LogP contribution in [0.3, 0.4) is 0 Å². The van der Waals surface area contributed by atoms with Crippen LogP contribution in [0.25, 0.3) is 16.8 Å². The van der Waals surface area contributed by atoms with E-state index in [2.05, 4.69) is 15.3 Å². The topological polar surface area (TPSA) is 43.1 Å². The summed E-state index contributed by atoms with van der Waals surface area (Å²) in [7, 11) is 0. The van der Waals surface area contributed by atoms with Crippen molar-refractivity contribution < 1.29 is 26.3 Å². The van der Waals surface area contributed by atoms with Gasteiger partial charge in [-0.2, -0.15) is 31.4 Å². The molecule has 0 atom stereocenters. The van der Waals surface area contributed by atoms with Crippen LogP contribution in [0.4, 0.5) is 26.3 Å². The van der Waals surface area contributed by atoms with Crippen LogP contribution in [0.2, 0.25) is 0 Å². The van der Waals surface area contributed by atoms with Gasteiger partial charge in [0.15, 0.2) is 0 Å². The molecule has 2 aromatic heterocycles. The summed E-state index contributed by atoms with van der Waals surface area (Å²) in [6.07, 6.45) is -6.85. The number of alkyl halides is 6. The molecule has 0 radical (unpaired) electrons. The Morgan fingerprint density at radius 2 is 1.68 bits per heavy atom. The predicted octanol–water partition coefficient (Wildman–Crippen LogP) is 4.55. The third-order valence-corrected chi connectivity index (χ3v) is 4.01. The molecule has 0 aliphatic heterocycles. The smallest absolute Gasteiger partial charge is 0.206 e. The van der Waals surface area contributed by atoms with Crippen molar-refractivity contribution in [1.82, 2.24) is 19.8 Å². The van der Waals surface area contributed by atoms with Crippen molar-refractivity contribution in [1.29, 1.82) is 0 Å². The molecule has 0 bridgehead atoms. The van der Waals surface area contributed by atoms with Gasteiger partial charge in [0.1, 0.15) is 5.69 Å². The van der Waals surface area contributed by atoms with Gasteiger partial charge in [-0.15, -0.1) is 10.2 Å². The molecule has 0 amide bonds. The predicted molar refractivity (Wildman–Crippen MR) is 78.0 cm³/mol. The van der Waals surface area contributed by atoms with Gasteiger partial charge < -0.3 is 0 Å². The summed E-state index contributed by atoms with van der Waals surface area (Å²) in [6.45, 7) is 0. The minimum absolute atomic E-state index is 0.0758. The van der Waals surface area contributed by atoms with E-state index in [9.17, 15) is 26.3 Å². The van der Waals surface area contributed by atoms with Crippen molar-refractivity contribution in [2.24, 2.45) is 0 Å². The molecule has 2 heterocycles. The van der Waals surface area contributed by atoms with Gasteiger partial charge in [-0.1, -0.05) is 17.8 Å². The zero-order valence-corrected chi connectivity index (χ0v) is 13.2. The number of rotatable bonds is 2. The second-order valence-corrected chi connectivity index (χ2v) is 5.69. The molecule has 0 unspecified atom stereocenters. The van der Waals surface area contributed by atoms with Crippen LogP contribution in [0.15, 0.2) is 35.6 Å². The lowest BCUT2D eigenvalue weighted by atomic mass is 10.00. The molecule has 0 fully saturated rings. The molecule has 3 rings (SSSR count). The first-order valence-electron chi connectivity index (χ1n) is 6.66. The van der Waals surface area contributed by atoms with E-state index in [1.807, 2.05) is 0 Å². The van der Waals surface area contributed by atoms with Crippen molar-refractivity contribution in [3.63, 3.8) is 0 Å². The van der Waals surface area contributed by atoms with E-state index in [4.69, 9.17) is 0 Å². The second kappa shape index (κ2) is 5.90. The SMILES string of the molecule is CSc1nnc(-c2ccc(C(F)(F)F)cc2C(F)(F)F)c2ccnn12. The lowest BCUT2D eigenvalue weighted by molar-refractivity contribution is -0.142. The molecule has 25 heavy (non-hydrogen) atoms. The maximum absolute atomic E-state index is 13.3. The monoisotopic (exact) mass is 378 g/mol. The van der Waals surface area contributed by atoms with Crippen LogP contribution < -0.4 is 0 Å². The number of halogens is 6. The van der Waals surface area contributed by atoms with Crippen LogP contribution in [0, 0.1) is 0 Å². The highest BCUT2D eigenvalue weighted by Gasteiger charge is 2.39. The Labute approximate surface area is 140 Å². The van der Waals surface area contributed by atoms with Gasteiger partial charge in [-0.05, 0) is 24.5 Å². The molecule has 0 saturated heterocycles. The van der Waals surface area contributed by atoms with E-state index in [1.54, 1.807) is 6.26 Å². The molecule has 0 spiro atoms. The lowest BCUT2D eigenvalue weighted by Gasteiger charge is -2.16. The molecule has 0 N–H and O–H groups in total. The summed E-state index contributed by atoms with van der Waals surface area (Å²) in [6, 6.07) is 2.83. The number of fused-ring (bicyclic) bond motifs is 1. The minimum Gasteiger partial charge on any atom is -0.206 e. The fourth-order valence-corrected chi connectivity index (χ4v) is 2.74. The van der Waals surface area contributed by atoms with Crippen LogP contribution in [0.1, 0.15) is 11.1 Å². The molecule has 0 saturated carbocycles. The number of nitrogens with zero attached hydrogens (tertiary/aromatic N) is 4. The van der Waals surface area contributed by atoms with Crippen molar-refractivity contribution in [2.45, 2.75) is 17.5 Å². The number of hydrogen-bond acceptors (Lipinski definition) is 4. The second-order valence-electron chi connectivity index (χ2n) is 4.92. The van der Waals surface area contributed by atoms with Gasteiger partial charge in [0, 0.05) is 5.56 Å². The van der Waals surface area contributed by atoms with E-state index in [0.717, 1.165) is 6.07 Å². The maximum Gasteiger partial charge on any atom is 0.417 e. The largest absolute Gasteiger partial charge is 0.417 e. The average molecular weight is 378 g/mol. The Hall–Kier alpha value is -2.30. The van der Waals surface area contributed by atoms with Crippen molar-refractivity contribution >= 4 is 17.3 Å². The summed E-state index contributed by atoms with van der Waals surface area (Å²) >= 11 is 1.18. The van der Waals surface area contributed by atoms with Crippen molar-refractivity contribution in [3.8, 4) is 11.3 Å². The van der Waals surface area contributed by atoms with Gasteiger partial charge in [0.25, 0.3) is 0 Å². The van der Waals surface area contributed by atoms with Crippen LogP contribution >= 0.6 is 11.8 Å². The van der Waals surface area contributed by atoms with Gasteiger partial charge in [0.2, 0.25) is 5.16 Å². The number of thioether (sulfide) groups is 1. The van der Waals surface area contributed by atoms with Crippen molar-refractivity contribution in [2.75, 3.05) is 6.26 Å². The van der Waals surface area contributed by atoms with Gasteiger partial charge in [-0.3, -0.25) is 0 Å². The molecule has 4 nitrogen and oxygen atoms in total. The molecule has 3 aromatic rings. The Bertz CT molecular complexity index is 931. The van der Waals surface area contributed by atoms with Crippen LogP contribution in [0.5, 0.6) is 0 Å². The highest BCUT2D eigenvalue weighted by atomic mass is 32.2. The molecule has 0 aliphatic rings. The Morgan fingerprint density at radius 1 is 0.960 bits per heavy atom. The van der Waals surface area contributed by atoms with E-state index in [1.165, 1.54) is 28.5 Å². The Balaban J connectivity index is 2.29. The molecular formula is C14H8F6N4S. The standard InChI is InChI=1S/C14H8F6N4S/c1-25-12-23-22-11(10-4-5-21-24(10)12)8-3-2-7(13(15,16)17)6-9(8)14(18,19)20/h2-6H,1H3. The quantitative estimate of drug-likeness (QED) is 0.485. The first-order valence-corrected chi connectivity index (χ1v) is 7.88. The number of aromatic nitrogens is 4. The summed E-state index contributed by atoms with van der Waals surface area (Å²) in [5.41, 5.74) is -3.30. The third kappa shape index (κ3) is 3.15. The maximum atomic E-state index is 13.3. The van der Waals surface area contributed by atoms with Gasteiger partial charge in [0.05, 0.1) is 22.8 Å². The molecular weight excluding hydrogens is 370 g/mol. The highest BCUT2D eigenvalue weighted by Crippen LogP contribution is 2.41. The highest BCUT2D eigenvalue weighted by molar-refractivity contribution is 7.98. The molecule has 0 aliphatic carbocycles. The van der Waals surface area contributed by atoms with Crippen molar-refractivity contribution in [3.05, 3.63) is 41.6 Å². The first-order chi connectivity index (χ1) is 11.6. The van der Waals surface area contributed by atoms with Gasteiger partial charge in [-0.25, -0.2) is 4.52 Å². The fraction of sp³-hybridized carbons (Fsp3) is 0.214.